The number of aryl methyl sites for hydroxylation is 1. The van der Waals surface area contributed by atoms with Gasteiger partial charge in [-0.05, 0) is 44.2 Å². The molecular formula is C22H28F3N3O2. The highest BCUT2D eigenvalue weighted by atomic mass is 19.4. The summed E-state index contributed by atoms with van der Waals surface area (Å²) in [7, 11) is 1.87. The summed E-state index contributed by atoms with van der Waals surface area (Å²) >= 11 is 0. The van der Waals surface area contributed by atoms with Crippen molar-refractivity contribution in [1.82, 2.24) is 14.7 Å². The summed E-state index contributed by atoms with van der Waals surface area (Å²) in [6.07, 6.45) is -3.41. The number of fused-ring (bicyclic) bond motifs is 1. The van der Waals surface area contributed by atoms with Crippen molar-refractivity contribution in [3.63, 3.8) is 0 Å². The van der Waals surface area contributed by atoms with Crippen molar-refractivity contribution >= 4 is 0 Å². The van der Waals surface area contributed by atoms with Crippen LogP contribution in [-0.2, 0) is 31.0 Å². The number of benzene rings is 1. The molecule has 0 spiro atoms. The number of likely N-dealkylation sites (tertiary alicyclic amines) is 1. The third-order valence-corrected chi connectivity index (χ3v) is 6.33. The summed E-state index contributed by atoms with van der Waals surface area (Å²) in [5, 5.41) is 15.6. The number of halogens is 3. The fourth-order valence-electron chi connectivity index (χ4n) is 4.67. The van der Waals surface area contributed by atoms with E-state index in [0.29, 0.717) is 43.8 Å². The van der Waals surface area contributed by atoms with Gasteiger partial charge in [0.15, 0.2) is 6.23 Å². The van der Waals surface area contributed by atoms with Gasteiger partial charge in [-0.25, -0.2) is 0 Å². The zero-order valence-corrected chi connectivity index (χ0v) is 17.5. The van der Waals surface area contributed by atoms with Crippen LogP contribution in [0.1, 0.15) is 66.9 Å². The van der Waals surface area contributed by atoms with E-state index in [0.717, 1.165) is 23.7 Å². The van der Waals surface area contributed by atoms with Gasteiger partial charge in [-0.2, -0.15) is 18.3 Å². The quantitative estimate of drug-likeness (QED) is 0.806. The van der Waals surface area contributed by atoms with E-state index >= 15 is 0 Å². The molecule has 30 heavy (non-hydrogen) atoms. The van der Waals surface area contributed by atoms with Crippen LogP contribution in [-0.4, -0.2) is 38.5 Å². The maximum Gasteiger partial charge on any atom is 0.416 e. The summed E-state index contributed by atoms with van der Waals surface area (Å²) < 4.78 is 47.8. The van der Waals surface area contributed by atoms with Crippen LogP contribution in [0, 0.1) is 0 Å². The Kier molecular flexibility index (Phi) is 5.45. The molecule has 1 fully saturated rings. The molecule has 164 valence electrons. The number of hydrogen-bond acceptors (Lipinski definition) is 4. The van der Waals surface area contributed by atoms with Gasteiger partial charge in [0.25, 0.3) is 0 Å². The van der Waals surface area contributed by atoms with E-state index in [-0.39, 0.29) is 11.5 Å². The second-order valence-electron chi connectivity index (χ2n) is 8.93. The first-order chi connectivity index (χ1) is 14.1. The standard InChI is InChI=1S/C22H28F3N3O2/c1-21(2)12-18-16(13-30-21)19(26-27(18)3)20(29)28-10-8-14(9-11-28)15-6-4-5-7-17(15)22(23,24)25/h4-7,14,20,29H,8-13H2,1-3H3. The zero-order chi connectivity index (χ0) is 21.7. The predicted octanol–water partition coefficient (Wildman–Crippen LogP) is 4.16. The van der Waals surface area contributed by atoms with E-state index in [1.165, 1.54) is 6.07 Å². The zero-order valence-electron chi connectivity index (χ0n) is 17.5. The smallest absolute Gasteiger partial charge is 0.372 e. The fraction of sp³-hybridized carbons (Fsp3) is 0.591. The van der Waals surface area contributed by atoms with Crippen LogP contribution in [0.25, 0.3) is 0 Å². The van der Waals surface area contributed by atoms with Crippen LogP contribution in [0.4, 0.5) is 13.2 Å². The molecule has 2 aliphatic heterocycles. The number of aliphatic hydroxyl groups excluding tert-OH is 1. The molecule has 1 N–H and O–H groups in total. The molecule has 1 aromatic heterocycles. The Hall–Kier alpha value is -1.90. The third-order valence-electron chi connectivity index (χ3n) is 6.33. The number of alkyl halides is 3. The molecule has 0 bridgehead atoms. The molecule has 2 aliphatic rings. The van der Waals surface area contributed by atoms with Crippen LogP contribution < -0.4 is 0 Å². The summed E-state index contributed by atoms with van der Waals surface area (Å²) in [6, 6.07) is 5.82. The first kappa shape index (κ1) is 21.3. The predicted molar refractivity (Wildman–Crippen MR) is 106 cm³/mol. The molecule has 5 nitrogen and oxygen atoms in total. The highest BCUT2D eigenvalue weighted by Gasteiger charge is 2.38. The van der Waals surface area contributed by atoms with Gasteiger partial charge >= 0.3 is 6.18 Å². The maximum atomic E-state index is 13.4. The van der Waals surface area contributed by atoms with Gasteiger partial charge < -0.3 is 9.84 Å². The molecule has 1 atom stereocenters. The van der Waals surface area contributed by atoms with E-state index in [4.69, 9.17) is 4.74 Å². The van der Waals surface area contributed by atoms with Crippen LogP contribution in [0.5, 0.6) is 0 Å². The van der Waals surface area contributed by atoms with Crippen molar-refractivity contribution in [2.75, 3.05) is 13.1 Å². The highest BCUT2D eigenvalue weighted by molar-refractivity contribution is 5.33. The maximum absolute atomic E-state index is 13.4. The average molecular weight is 423 g/mol. The number of rotatable bonds is 3. The molecular weight excluding hydrogens is 395 g/mol. The molecule has 0 radical (unpaired) electrons. The normalized spacial score (nSPS) is 21.4. The van der Waals surface area contributed by atoms with Crippen molar-refractivity contribution in [3.8, 4) is 0 Å². The van der Waals surface area contributed by atoms with Gasteiger partial charge in [-0.1, -0.05) is 18.2 Å². The van der Waals surface area contributed by atoms with Crippen LogP contribution in [0.3, 0.4) is 0 Å². The van der Waals surface area contributed by atoms with E-state index < -0.39 is 18.0 Å². The Balaban J connectivity index is 1.49. The number of aliphatic hydroxyl groups is 1. The minimum atomic E-state index is -4.35. The van der Waals surface area contributed by atoms with Crippen molar-refractivity contribution < 1.29 is 23.0 Å². The highest BCUT2D eigenvalue weighted by Crippen LogP contribution is 2.40. The molecule has 1 aromatic carbocycles. The van der Waals surface area contributed by atoms with Crippen molar-refractivity contribution in [1.29, 1.82) is 0 Å². The van der Waals surface area contributed by atoms with E-state index in [1.807, 2.05) is 30.5 Å². The van der Waals surface area contributed by atoms with Gasteiger partial charge in [0.1, 0.15) is 5.69 Å². The second-order valence-corrected chi connectivity index (χ2v) is 8.93. The lowest BCUT2D eigenvalue weighted by Gasteiger charge is -2.36. The Morgan fingerprint density at radius 3 is 2.53 bits per heavy atom. The Morgan fingerprint density at radius 1 is 1.20 bits per heavy atom. The fourth-order valence-corrected chi connectivity index (χ4v) is 4.67. The lowest BCUT2D eigenvalue weighted by Crippen LogP contribution is -2.37. The molecule has 0 amide bonds. The number of piperidine rings is 1. The van der Waals surface area contributed by atoms with Crippen molar-refractivity contribution in [2.45, 2.75) is 63.6 Å². The molecule has 0 saturated carbocycles. The average Bonchev–Trinajstić information content (AvgIpc) is 3.02. The van der Waals surface area contributed by atoms with Gasteiger partial charge in [0, 0.05) is 37.8 Å². The van der Waals surface area contributed by atoms with Crippen LogP contribution in [0.15, 0.2) is 24.3 Å². The number of aromatic nitrogens is 2. The molecule has 2 aromatic rings. The molecule has 4 rings (SSSR count). The number of hydrogen-bond donors (Lipinski definition) is 1. The molecule has 0 aliphatic carbocycles. The first-order valence-electron chi connectivity index (χ1n) is 10.3. The van der Waals surface area contributed by atoms with Gasteiger partial charge in [0.05, 0.1) is 17.8 Å². The van der Waals surface area contributed by atoms with Gasteiger partial charge in [-0.3, -0.25) is 9.58 Å². The topological polar surface area (TPSA) is 50.5 Å². The Morgan fingerprint density at radius 2 is 1.87 bits per heavy atom. The number of nitrogens with zero attached hydrogens (tertiary/aromatic N) is 3. The lowest BCUT2D eigenvalue weighted by molar-refractivity contribution is -0.138. The third kappa shape index (κ3) is 4.00. The monoisotopic (exact) mass is 423 g/mol. The summed E-state index contributed by atoms with van der Waals surface area (Å²) in [5.74, 6) is -0.173. The van der Waals surface area contributed by atoms with E-state index in [1.54, 1.807) is 12.1 Å². The van der Waals surface area contributed by atoms with E-state index in [9.17, 15) is 18.3 Å². The Bertz CT molecular complexity index is 915. The Labute approximate surface area is 174 Å². The molecule has 3 heterocycles. The van der Waals surface area contributed by atoms with Crippen LogP contribution >= 0.6 is 0 Å². The second kappa shape index (κ2) is 7.66. The minimum absolute atomic E-state index is 0.173. The minimum Gasteiger partial charge on any atom is -0.372 e. The molecule has 1 saturated heterocycles. The summed E-state index contributed by atoms with van der Waals surface area (Å²) in [6.45, 7) is 5.48. The first-order valence-corrected chi connectivity index (χ1v) is 10.3. The van der Waals surface area contributed by atoms with Crippen molar-refractivity contribution in [2.24, 2.45) is 7.05 Å². The largest absolute Gasteiger partial charge is 0.416 e. The summed E-state index contributed by atoms with van der Waals surface area (Å²) in [5.41, 5.74) is 2.11. The van der Waals surface area contributed by atoms with E-state index in [2.05, 4.69) is 5.10 Å². The molecule has 1 unspecified atom stereocenters. The lowest BCUT2D eigenvalue weighted by atomic mass is 9.86. The van der Waals surface area contributed by atoms with Gasteiger partial charge in [-0.15, -0.1) is 0 Å². The SMILES string of the molecule is Cn1nc(C(O)N2CCC(c3ccccc3C(F)(F)F)CC2)c2c1CC(C)(C)OC2. The number of ether oxygens (including phenoxy) is 1. The van der Waals surface area contributed by atoms with Crippen molar-refractivity contribution in [3.05, 3.63) is 52.3 Å². The van der Waals surface area contributed by atoms with Crippen LogP contribution in [0.2, 0.25) is 0 Å². The van der Waals surface area contributed by atoms with Gasteiger partial charge in [0.2, 0.25) is 0 Å². The molecule has 8 heteroatoms. The summed E-state index contributed by atoms with van der Waals surface area (Å²) in [4.78, 5) is 1.90.